The summed E-state index contributed by atoms with van der Waals surface area (Å²) >= 11 is 0. The molecular formula is C15H20FN3. The minimum absolute atomic E-state index is 0.354. The zero-order valence-corrected chi connectivity index (χ0v) is 11.3. The number of hydrogen-bond acceptors (Lipinski definition) is 3. The summed E-state index contributed by atoms with van der Waals surface area (Å²) in [5, 5.41) is 11.8. The minimum atomic E-state index is -0.357. The van der Waals surface area contributed by atoms with Gasteiger partial charge in [0.05, 0.1) is 17.3 Å². The molecule has 2 rings (SSSR count). The molecule has 0 bridgehead atoms. The second-order valence-electron chi connectivity index (χ2n) is 5.13. The first-order chi connectivity index (χ1) is 9.20. The van der Waals surface area contributed by atoms with Crippen LogP contribution in [0.5, 0.6) is 0 Å². The lowest BCUT2D eigenvalue weighted by Gasteiger charge is -2.32. The maximum atomic E-state index is 13.7. The van der Waals surface area contributed by atoms with Crippen LogP contribution in [-0.4, -0.2) is 30.6 Å². The molecule has 1 heterocycles. The number of hydrogen-bond donors (Lipinski definition) is 1. The van der Waals surface area contributed by atoms with E-state index in [0.717, 1.165) is 19.6 Å². The average Bonchev–Trinajstić information content (AvgIpc) is 2.46. The van der Waals surface area contributed by atoms with E-state index in [1.165, 1.54) is 25.3 Å². The van der Waals surface area contributed by atoms with Crippen LogP contribution in [0.1, 0.15) is 31.7 Å². The summed E-state index contributed by atoms with van der Waals surface area (Å²) < 4.78 is 13.7. The van der Waals surface area contributed by atoms with Gasteiger partial charge in [-0.3, -0.25) is 4.90 Å². The molecule has 4 heteroatoms. The molecule has 1 aromatic rings. The number of likely N-dealkylation sites (tertiary alicyclic amines) is 1. The lowest BCUT2D eigenvalue weighted by atomic mass is 10.1. The Labute approximate surface area is 114 Å². The van der Waals surface area contributed by atoms with Gasteiger partial charge in [0, 0.05) is 12.6 Å². The van der Waals surface area contributed by atoms with E-state index in [2.05, 4.69) is 17.1 Å². The van der Waals surface area contributed by atoms with E-state index in [0.29, 0.717) is 17.3 Å². The van der Waals surface area contributed by atoms with E-state index < -0.39 is 0 Å². The number of piperidine rings is 1. The molecule has 102 valence electrons. The van der Waals surface area contributed by atoms with Gasteiger partial charge < -0.3 is 5.32 Å². The van der Waals surface area contributed by atoms with Crippen molar-refractivity contribution in [2.45, 2.75) is 32.2 Å². The number of anilines is 1. The molecule has 1 N–H and O–H groups in total. The Hall–Kier alpha value is -1.60. The molecule has 1 aliphatic heterocycles. The topological polar surface area (TPSA) is 39.1 Å². The van der Waals surface area contributed by atoms with Crippen molar-refractivity contribution in [3.8, 4) is 6.07 Å². The van der Waals surface area contributed by atoms with Gasteiger partial charge in [-0.05, 0) is 51.1 Å². The monoisotopic (exact) mass is 261 g/mol. The van der Waals surface area contributed by atoms with E-state index in [1.807, 2.05) is 6.07 Å². The molecule has 1 aliphatic rings. The normalized spacial score (nSPS) is 17.7. The van der Waals surface area contributed by atoms with Crippen molar-refractivity contribution in [3.05, 3.63) is 29.6 Å². The fraction of sp³-hybridized carbons (Fsp3) is 0.533. The Morgan fingerprint density at radius 2 is 2.11 bits per heavy atom. The van der Waals surface area contributed by atoms with Crippen molar-refractivity contribution < 1.29 is 4.39 Å². The maximum Gasteiger partial charge on any atom is 0.147 e. The zero-order valence-electron chi connectivity index (χ0n) is 11.3. The van der Waals surface area contributed by atoms with Crippen LogP contribution >= 0.6 is 0 Å². The highest BCUT2D eigenvalue weighted by atomic mass is 19.1. The average molecular weight is 261 g/mol. The summed E-state index contributed by atoms with van der Waals surface area (Å²) in [5.74, 6) is -0.357. The Kier molecular flexibility index (Phi) is 4.75. The number of nitriles is 1. The highest BCUT2D eigenvalue weighted by Gasteiger charge is 2.16. The highest BCUT2D eigenvalue weighted by molar-refractivity contribution is 5.48. The number of nitrogens with one attached hydrogen (secondary N) is 1. The molecule has 0 aromatic heterocycles. The van der Waals surface area contributed by atoms with Gasteiger partial charge in [0.1, 0.15) is 5.82 Å². The summed E-state index contributed by atoms with van der Waals surface area (Å²) in [6.07, 6.45) is 3.84. The molecule has 0 spiro atoms. The van der Waals surface area contributed by atoms with Gasteiger partial charge >= 0.3 is 0 Å². The van der Waals surface area contributed by atoms with Crippen LogP contribution in [0.25, 0.3) is 0 Å². The Morgan fingerprint density at radius 1 is 1.37 bits per heavy atom. The standard InChI is InChI=1S/C15H20FN3/c1-12(19-7-3-2-4-8-19)11-18-15-6-5-13(10-17)9-14(15)16/h5-6,9,12,18H,2-4,7-8,11H2,1H3. The van der Waals surface area contributed by atoms with Gasteiger partial charge in [-0.15, -0.1) is 0 Å². The lowest BCUT2D eigenvalue weighted by Crippen LogP contribution is -2.41. The largest absolute Gasteiger partial charge is 0.381 e. The first-order valence-electron chi connectivity index (χ1n) is 6.88. The van der Waals surface area contributed by atoms with Gasteiger partial charge in [0.2, 0.25) is 0 Å². The summed E-state index contributed by atoms with van der Waals surface area (Å²) in [5.41, 5.74) is 0.829. The van der Waals surface area contributed by atoms with Crippen molar-refractivity contribution >= 4 is 5.69 Å². The van der Waals surface area contributed by atoms with E-state index >= 15 is 0 Å². The molecule has 1 aromatic carbocycles. The van der Waals surface area contributed by atoms with Crippen LogP contribution in [0.4, 0.5) is 10.1 Å². The summed E-state index contributed by atoms with van der Waals surface area (Å²) in [6.45, 7) is 5.17. The highest BCUT2D eigenvalue weighted by Crippen LogP contribution is 2.17. The van der Waals surface area contributed by atoms with Crippen LogP contribution in [0, 0.1) is 17.1 Å². The van der Waals surface area contributed by atoms with E-state index in [4.69, 9.17) is 5.26 Å². The van der Waals surface area contributed by atoms with Crippen molar-refractivity contribution in [1.29, 1.82) is 5.26 Å². The summed E-state index contributed by atoms with van der Waals surface area (Å²) in [7, 11) is 0. The third-order valence-corrected chi connectivity index (χ3v) is 3.70. The van der Waals surface area contributed by atoms with Gasteiger partial charge in [0.25, 0.3) is 0 Å². The van der Waals surface area contributed by atoms with E-state index in [-0.39, 0.29) is 5.82 Å². The quantitative estimate of drug-likeness (QED) is 0.905. The zero-order chi connectivity index (χ0) is 13.7. The molecule has 0 radical (unpaired) electrons. The Bertz CT molecular complexity index is 461. The molecule has 1 atom stereocenters. The third kappa shape index (κ3) is 3.68. The molecule has 1 fully saturated rings. The fourth-order valence-corrected chi connectivity index (χ4v) is 2.47. The van der Waals surface area contributed by atoms with Crippen molar-refractivity contribution in [2.75, 3.05) is 25.0 Å². The second kappa shape index (κ2) is 6.53. The Morgan fingerprint density at radius 3 is 2.74 bits per heavy atom. The molecular weight excluding hydrogens is 241 g/mol. The SMILES string of the molecule is CC(CNc1ccc(C#N)cc1F)N1CCCCC1. The molecule has 0 aliphatic carbocycles. The summed E-state index contributed by atoms with van der Waals surface area (Å²) in [4.78, 5) is 2.44. The minimum Gasteiger partial charge on any atom is -0.381 e. The first-order valence-corrected chi connectivity index (χ1v) is 6.88. The van der Waals surface area contributed by atoms with Crippen molar-refractivity contribution in [2.24, 2.45) is 0 Å². The van der Waals surface area contributed by atoms with E-state index in [9.17, 15) is 4.39 Å². The molecule has 1 saturated heterocycles. The fourth-order valence-electron chi connectivity index (χ4n) is 2.47. The van der Waals surface area contributed by atoms with Gasteiger partial charge in [0.15, 0.2) is 0 Å². The molecule has 1 unspecified atom stereocenters. The van der Waals surface area contributed by atoms with Crippen molar-refractivity contribution in [1.82, 2.24) is 4.90 Å². The molecule has 0 saturated carbocycles. The maximum absolute atomic E-state index is 13.7. The van der Waals surface area contributed by atoms with Gasteiger partial charge in [-0.25, -0.2) is 4.39 Å². The van der Waals surface area contributed by atoms with E-state index in [1.54, 1.807) is 12.1 Å². The Balaban J connectivity index is 1.89. The van der Waals surface area contributed by atoms with Crippen LogP contribution in [0.3, 0.4) is 0 Å². The summed E-state index contributed by atoms with van der Waals surface area (Å²) in [6, 6.07) is 6.88. The first kappa shape index (κ1) is 13.8. The van der Waals surface area contributed by atoms with Crippen LogP contribution in [-0.2, 0) is 0 Å². The lowest BCUT2D eigenvalue weighted by molar-refractivity contribution is 0.180. The smallest absolute Gasteiger partial charge is 0.147 e. The van der Waals surface area contributed by atoms with Gasteiger partial charge in [-0.2, -0.15) is 5.26 Å². The van der Waals surface area contributed by atoms with Gasteiger partial charge in [-0.1, -0.05) is 6.42 Å². The number of benzene rings is 1. The van der Waals surface area contributed by atoms with Crippen LogP contribution in [0.15, 0.2) is 18.2 Å². The molecule has 3 nitrogen and oxygen atoms in total. The van der Waals surface area contributed by atoms with Crippen LogP contribution < -0.4 is 5.32 Å². The number of nitrogens with zero attached hydrogens (tertiary/aromatic N) is 2. The predicted octanol–water partition coefficient (Wildman–Crippen LogP) is 2.98. The third-order valence-electron chi connectivity index (χ3n) is 3.70. The number of rotatable bonds is 4. The second-order valence-corrected chi connectivity index (χ2v) is 5.13. The van der Waals surface area contributed by atoms with Crippen LogP contribution in [0.2, 0.25) is 0 Å². The molecule has 0 amide bonds. The molecule has 19 heavy (non-hydrogen) atoms. The predicted molar refractivity (Wildman–Crippen MR) is 74.5 cm³/mol. The number of halogens is 1. The van der Waals surface area contributed by atoms with Crippen molar-refractivity contribution in [3.63, 3.8) is 0 Å².